The Balaban J connectivity index is 1.26. The van der Waals surface area contributed by atoms with Crippen LogP contribution in [0.4, 0.5) is 10.1 Å². The number of thioether (sulfide) groups is 1. The van der Waals surface area contributed by atoms with Gasteiger partial charge in [0.2, 0.25) is 17.0 Å². The van der Waals surface area contributed by atoms with Crippen LogP contribution in [0.25, 0.3) is 11.4 Å². The van der Waals surface area contributed by atoms with E-state index in [4.69, 9.17) is 16.1 Å². The van der Waals surface area contributed by atoms with Gasteiger partial charge in [0.05, 0.1) is 10.8 Å². The maximum absolute atomic E-state index is 13.2. The van der Waals surface area contributed by atoms with Crippen LogP contribution in [0.3, 0.4) is 0 Å². The van der Waals surface area contributed by atoms with E-state index in [0.29, 0.717) is 34.1 Å². The van der Waals surface area contributed by atoms with Crippen LogP contribution in [-0.4, -0.2) is 31.2 Å². The van der Waals surface area contributed by atoms with Gasteiger partial charge in [-0.25, -0.2) is 9.37 Å². The lowest BCUT2D eigenvalue weighted by Crippen LogP contribution is -2.12. The number of halogens is 2. The molecule has 164 valence electrons. The van der Waals surface area contributed by atoms with Crippen molar-refractivity contribution in [2.24, 2.45) is 0 Å². The number of carbonyl (C=O) groups excluding carboxylic acids is 1. The van der Waals surface area contributed by atoms with Crippen LogP contribution < -0.4 is 5.32 Å². The standard InChI is InChI=1S/C21H18ClFN6O2S/c1-12-3-2-4-13(9-12)20-26-21(28-27-20)32-11-17-25-19(31-29-17)8-7-18(30)24-14-5-6-16(23)15(22)10-14/h2-6,9-10H,7-8,11H2,1H3,(H,24,30)(H,26,27,28). The summed E-state index contributed by atoms with van der Waals surface area (Å²) < 4.78 is 18.4. The molecule has 0 saturated heterocycles. The van der Waals surface area contributed by atoms with Gasteiger partial charge < -0.3 is 9.84 Å². The zero-order valence-corrected chi connectivity index (χ0v) is 18.5. The Hall–Kier alpha value is -3.24. The summed E-state index contributed by atoms with van der Waals surface area (Å²) in [7, 11) is 0. The van der Waals surface area contributed by atoms with Crippen LogP contribution in [-0.2, 0) is 17.0 Å². The fraction of sp³-hybridized carbons (Fsp3) is 0.190. The molecule has 2 aromatic heterocycles. The van der Waals surface area contributed by atoms with Crippen molar-refractivity contribution in [3.8, 4) is 11.4 Å². The average Bonchev–Trinajstić information content (AvgIpc) is 3.43. The Morgan fingerprint density at radius 2 is 2.12 bits per heavy atom. The molecule has 1 amide bonds. The summed E-state index contributed by atoms with van der Waals surface area (Å²) in [5, 5.41) is 14.2. The minimum atomic E-state index is -0.544. The highest BCUT2D eigenvalue weighted by Gasteiger charge is 2.12. The van der Waals surface area contributed by atoms with Gasteiger partial charge in [0.1, 0.15) is 5.82 Å². The quantitative estimate of drug-likeness (QED) is 0.354. The van der Waals surface area contributed by atoms with E-state index in [0.717, 1.165) is 11.1 Å². The number of benzene rings is 2. The molecule has 0 saturated carbocycles. The largest absolute Gasteiger partial charge is 0.339 e. The van der Waals surface area contributed by atoms with Crippen LogP contribution in [0.15, 0.2) is 52.1 Å². The summed E-state index contributed by atoms with van der Waals surface area (Å²) in [5.41, 5.74) is 2.52. The normalized spacial score (nSPS) is 11.0. The van der Waals surface area contributed by atoms with Crippen molar-refractivity contribution >= 4 is 35.0 Å². The fourth-order valence-corrected chi connectivity index (χ4v) is 3.65. The van der Waals surface area contributed by atoms with Gasteiger partial charge in [-0.2, -0.15) is 4.98 Å². The molecule has 0 fully saturated rings. The molecule has 0 radical (unpaired) electrons. The number of nitrogens with one attached hydrogen (secondary N) is 2. The Labute approximate surface area is 192 Å². The molecule has 4 rings (SSSR count). The Morgan fingerprint density at radius 1 is 1.25 bits per heavy atom. The number of anilines is 1. The average molecular weight is 473 g/mol. The molecule has 32 heavy (non-hydrogen) atoms. The van der Waals surface area contributed by atoms with E-state index in [-0.39, 0.29) is 23.8 Å². The van der Waals surface area contributed by atoms with Crippen molar-refractivity contribution in [1.82, 2.24) is 25.3 Å². The SMILES string of the molecule is Cc1cccc(-c2nc(SCc3noc(CCC(=O)Nc4ccc(F)c(Cl)c4)n3)n[nH]2)c1. The number of amides is 1. The first-order valence-corrected chi connectivity index (χ1v) is 11.0. The van der Waals surface area contributed by atoms with E-state index in [2.05, 4.69) is 30.6 Å². The summed E-state index contributed by atoms with van der Waals surface area (Å²) in [5.74, 6) is 1.14. The predicted octanol–water partition coefficient (Wildman–Crippen LogP) is 4.82. The van der Waals surface area contributed by atoms with Crippen LogP contribution in [0.5, 0.6) is 0 Å². The van der Waals surface area contributed by atoms with Gasteiger partial charge in [0, 0.05) is 24.1 Å². The molecule has 2 aromatic carbocycles. The Kier molecular flexibility index (Phi) is 6.81. The second-order valence-corrected chi connectivity index (χ2v) is 8.26. The number of carbonyl (C=O) groups is 1. The molecule has 0 aliphatic rings. The lowest BCUT2D eigenvalue weighted by molar-refractivity contribution is -0.116. The maximum atomic E-state index is 13.2. The van der Waals surface area contributed by atoms with Crippen LogP contribution in [0, 0.1) is 12.7 Å². The number of rotatable bonds is 8. The third-order valence-corrected chi connectivity index (χ3v) is 5.50. The monoisotopic (exact) mass is 472 g/mol. The smallest absolute Gasteiger partial charge is 0.227 e. The highest BCUT2D eigenvalue weighted by atomic mass is 35.5. The first-order valence-electron chi connectivity index (χ1n) is 9.65. The van der Waals surface area contributed by atoms with Gasteiger partial charge in [-0.1, -0.05) is 52.3 Å². The van der Waals surface area contributed by atoms with Gasteiger partial charge >= 0.3 is 0 Å². The van der Waals surface area contributed by atoms with Crippen molar-refractivity contribution < 1.29 is 13.7 Å². The lowest BCUT2D eigenvalue weighted by Gasteiger charge is -2.04. The van der Waals surface area contributed by atoms with E-state index < -0.39 is 5.82 Å². The number of aryl methyl sites for hydroxylation is 2. The second kappa shape index (κ2) is 9.92. The summed E-state index contributed by atoms with van der Waals surface area (Å²) in [6.07, 6.45) is 0.404. The molecular formula is C21H18ClFN6O2S. The minimum absolute atomic E-state index is 0.0563. The second-order valence-electron chi connectivity index (χ2n) is 6.91. The number of hydrogen-bond acceptors (Lipinski definition) is 7. The molecule has 0 bridgehead atoms. The molecule has 0 aliphatic heterocycles. The molecule has 11 heteroatoms. The third-order valence-electron chi connectivity index (χ3n) is 4.37. The minimum Gasteiger partial charge on any atom is -0.339 e. The lowest BCUT2D eigenvalue weighted by atomic mass is 10.1. The first kappa shape index (κ1) is 22.0. The highest BCUT2D eigenvalue weighted by Crippen LogP contribution is 2.22. The summed E-state index contributed by atoms with van der Waals surface area (Å²) in [6.45, 7) is 2.02. The number of aromatic nitrogens is 5. The molecule has 2 N–H and O–H groups in total. The Morgan fingerprint density at radius 3 is 2.94 bits per heavy atom. The maximum Gasteiger partial charge on any atom is 0.227 e. The summed E-state index contributed by atoms with van der Waals surface area (Å²) >= 11 is 7.09. The van der Waals surface area contributed by atoms with Crippen LogP contribution in [0.1, 0.15) is 23.7 Å². The van der Waals surface area contributed by atoms with Gasteiger partial charge in [0.15, 0.2) is 11.6 Å². The van der Waals surface area contributed by atoms with Gasteiger partial charge in [-0.15, -0.1) is 5.10 Å². The number of nitrogens with zero attached hydrogens (tertiary/aromatic N) is 4. The molecule has 0 spiro atoms. The third kappa shape index (κ3) is 5.71. The van der Waals surface area contributed by atoms with E-state index in [1.807, 2.05) is 31.2 Å². The molecule has 8 nitrogen and oxygen atoms in total. The van der Waals surface area contributed by atoms with Crippen molar-refractivity contribution in [1.29, 1.82) is 0 Å². The zero-order valence-electron chi connectivity index (χ0n) is 16.9. The van der Waals surface area contributed by atoms with E-state index >= 15 is 0 Å². The van der Waals surface area contributed by atoms with Gasteiger partial charge in [-0.05, 0) is 31.2 Å². The van der Waals surface area contributed by atoms with Crippen LogP contribution >= 0.6 is 23.4 Å². The van der Waals surface area contributed by atoms with Crippen LogP contribution in [0.2, 0.25) is 5.02 Å². The van der Waals surface area contributed by atoms with Crippen molar-refractivity contribution in [3.63, 3.8) is 0 Å². The molecular weight excluding hydrogens is 455 g/mol. The summed E-state index contributed by atoms with van der Waals surface area (Å²) in [4.78, 5) is 20.8. The molecule has 4 aromatic rings. The van der Waals surface area contributed by atoms with Crippen molar-refractivity contribution in [3.05, 3.63) is 70.6 Å². The molecule has 0 aliphatic carbocycles. The van der Waals surface area contributed by atoms with E-state index in [1.54, 1.807) is 0 Å². The summed E-state index contributed by atoms with van der Waals surface area (Å²) in [6, 6.07) is 12.0. The molecule has 2 heterocycles. The zero-order chi connectivity index (χ0) is 22.5. The van der Waals surface area contributed by atoms with Gasteiger partial charge in [-0.3, -0.25) is 9.89 Å². The fourth-order valence-electron chi connectivity index (χ4n) is 2.83. The number of hydrogen-bond donors (Lipinski definition) is 2. The topological polar surface area (TPSA) is 110 Å². The van der Waals surface area contributed by atoms with E-state index in [9.17, 15) is 9.18 Å². The highest BCUT2D eigenvalue weighted by molar-refractivity contribution is 7.98. The first-order chi connectivity index (χ1) is 15.5. The van der Waals surface area contributed by atoms with Gasteiger partial charge in [0.25, 0.3) is 0 Å². The molecule has 0 unspecified atom stereocenters. The molecule has 0 atom stereocenters. The number of aromatic amines is 1. The van der Waals surface area contributed by atoms with Crippen molar-refractivity contribution in [2.45, 2.75) is 30.7 Å². The predicted molar refractivity (Wildman–Crippen MR) is 119 cm³/mol. The van der Waals surface area contributed by atoms with E-state index in [1.165, 1.54) is 30.0 Å². The van der Waals surface area contributed by atoms with Crippen molar-refractivity contribution in [2.75, 3.05) is 5.32 Å². The number of H-pyrrole nitrogens is 1. The Bertz CT molecular complexity index is 1240.